The fourth-order valence-electron chi connectivity index (χ4n) is 1.12. The van der Waals surface area contributed by atoms with Gasteiger partial charge >= 0.3 is 0 Å². The third-order valence-corrected chi connectivity index (χ3v) is 1.80. The Morgan fingerprint density at radius 3 is 2.43 bits per heavy atom. The SMILES string of the molecule is COc1cn(C)c(=NN=C(C)C)n1C. The Kier molecular flexibility index (Phi) is 3.11. The summed E-state index contributed by atoms with van der Waals surface area (Å²) in [6, 6.07) is 0. The molecule has 0 unspecified atom stereocenters. The third kappa shape index (κ3) is 2.04. The minimum atomic E-state index is 0.753. The number of aromatic nitrogens is 2. The molecule has 0 saturated heterocycles. The van der Waals surface area contributed by atoms with Crippen molar-refractivity contribution in [3.63, 3.8) is 0 Å². The van der Waals surface area contributed by atoms with E-state index in [4.69, 9.17) is 4.74 Å². The highest BCUT2D eigenvalue weighted by Crippen LogP contribution is 2.03. The van der Waals surface area contributed by atoms with Gasteiger partial charge in [0.15, 0.2) is 0 Å². The summed E-state index contributed by atoms with van der Waals surface area (Å²) < 4.78 is 8.85. The lowest BCUT2D eigenvalue weighted by Crippen LogP contribution is -2.21. The molecule has 78 valence electrons. The summed E-state index contributed by atoms with van der Waals surface area (Å²) in [6.07, 6.45) is 1.86. The predicted octanol–water partition coefficient (Wildman–Crippen LogP) is 0.669. The number of methoxy groups -OCH3 is 1. The van der Waals surface area contributed by atoms with E-state index in [-0.39, 0.29) is 0 Å². The zero-order valence-electron chi connectivity index (χ0n) is 9.27. The van der Waals surface area contributed by atoms with Crippen LogP contribution in [0.4, 0.5) is 0 Å². The van der Waals surface area contributed by atoms with Crippen molar-refractivity contribution >= 4 is 5.71 Å². The molecule has 0 radical (unpaired) electrons. The molecule has 0 aliphatic heterocycles. The van der Waals surface area contributed by atoms with Crippen LogP contribution in [-0.2, 0) is 14.1 Å². The summed E-state index contributed by atoms with van der Waals surface area (Å²) in [6.45, 7) is 3.81. The quantitative estimate of drug-likeness (QED) is 0.506. The molecule has 0 fully saturated rings. The number of imidazole rings is 1. The van der Waals surface area contributed by atoms with Crippen LogP contribution in [-0.4, -0.2) is 22.0 Å². The molecular formula is C9H16N4O. The van der Waals surface area contributed by atoms with Crippen molar-refractivity contribution in [2.75, 3.05) is 7.11 Å². The topological polar surface area (TPSA) is 43.8 Å². The fraction of sp³-hybridized carbons (Fsp3) is 0.556. The maximum absolute atomic E-state index is 5.15. The van der Waals surface area contributed by atoms with Crippen LogP contribution in [0.5, 0.6) is 5.88 Å². The molecule has 0 aliphatic rings. The Balaban J connectivity index is 3.27. The lowest BCUT2D eigenvalue weighted by Gasteiger charge is -1.97. The second kappa shape index (κ2) is 4.13. The molecule has 0 amide bonds. The van der Waals surface area contributed by atoms with Crippen molar-refractivity contribution in [1.29, 1.82) is 0 Å². The Morgan fingerprint density at radius 1 is 1.36 bits per heavy atom. The molecule has 0 spiro atoms. The van der Waals surface area contributed by atoms with E-state index in [1.165, 1.54) is 0 Å². The average Bonchev–Trinajstić information content (AvgIpc) is 2.39. The average molecular weight is 196 g/mol. The normalized spacial score (nSPS) is 11.6. The van der Waals surface area contributed by atoms with Gasteiger partial charge in [0.2, 0.25) is 11.5 Å². The monoisotopic (exact) mass is 196 g/mol. The minimum Gasteiger partial charge on any atom is -0.481 e. The van der Waals surface area contributed by atoms with Crippen molar-refractivity contribution < 1.29 is 4.74 Å². The van der Waals surface area contributed by atoms with E-state index < -0.39 is 0 Å². The first-order chi connectivity index (χ1) is 6.56. The van der Waals surface area contributed by atoms with E-state index in [1.54, 1.807) is 7.11 Å². The number of ether oxygens (including phenoxy) is 1. The van der Waals surface area contributed by atoms with Crippen molar-refractivity contribution in [1.82, 2.24) is 9.13 Å². The first-order valence-electron chi connectivity index (χ1n) is 4.37. The van der Waals surface area contributed by atoms with Gasteiger partial charge in [-0.15, -0.1) is 5.10 Å². The molecule has 5 heteroatoms. The maximum Gasteiger partial charge on any atom is 0.232 e. The number of hydrogen-bond donors (Lipinski definition) is 0. The Hall–Kier alpha value is -1.52. The molecule has 1 heterocycles. The van der Waals surface area contributed by atoms with Crippen molar-refractivity contribution in [3.8, 4) is 5.88 Å². The van der Waals surface area contributed by atoms with Crippen LogP contribution in [0.25, 0.3) is 0 Å². The number of hydrogen-bond acceptors (Lipinski definition) is 3. The van der Waals surface area contributed by atoms with Gasteiger partial charge in [0.1, 0.15) is 0 Å². The van der Waals surface area contributed by atoms with Gasteiger partial charge in [-0.05, 0) is 13.8 Å². The van der Waals surface area contributed by atoms with E-state index in [2.05, 4.69) is 10.2 Å². The Labute approximate surface area is 83.3 Å². The highest BCUT2D eigenvalue weighted by molar-refractivity contribution is 5.78. The van der Waals surface area contributed by atoms with Gasteiger partial charge in [0.25, 0.3) is 0 Å². The largest absolute Gasteiger partial charge is 0.481 e. The first-order valence-corrected chi connectivity index (χ1v) is 4.37. The zero-order chi connectivity index (χ0) is 10.7. The number of nitrogens with zero attached hydrogens (tertiary/aromatic N) is 4. The van der Waals surface area contributed by atoms with E-state index in [0.717, 1.165) is 17.2 Å². The van der Waals surface area contributed by atoms with Gasteiger partial charge in [-0.2, -0.15) is 5.10 Å². The second-order valence-electron chi connectivity index (χ2n) is 3.29. The summed E-state index contributed by atoms with van der Waals surface area (Å²) in [5.74, 6) is 0.759. The smallest absolute Gasteiger partial charge is 0.232 e. The molecule has 0 bridgehead atoms. The molecule has 1 aromatic heterocycles. The van der Waals surface area contributed by atoms with Gasteiger partial charge in [-0.3, -0.25) is 4.57 Å². The predicted molar refractivity (Wildman–Crippen MR) is 55.3 cm³/mol. The zero-order valence-corrected chi connectivity index (χ0v) is 9.27. The van der Waals surface area contributed by atoms with Crippen LogP contribution < -0.4 is 10.4 Å². The minimum absolute atomic E-state index is 0.753. The molecule has 14 heavy (non-hydrogen) atoms. The van der Waals surface area contributed by atoms with Gasteiger partial charge in [0, 0.05) is 19.8 Å². The molecule has 0 aliphatic carbocycles. The van der Waals surface area contributed by atoms with E-state index >= 15 is 0 Å². The van der Waals surface area contributed by atoms with Crippen molar-refractivity contribution in [2.24, 2.45) is 24.3 Å². The van der Waals surface area contributed by atoms with Crippen LogP contribution in [0.15, 0.2) is 16.4 Å². The molecule has 0 aromatic carbocycles. The Bertz CT molecular complexity index is 407. The molecule has 0 N–H and O–H groups in total. The van der Waals surface area contributed by atoms with Crippen LogP contribution in [0.2, 0.25) is 0 Å². The third-order valence-electron chi connectivity index (χ3n) is 1.80. The first kappa shape index (κ1) is 10.6. The molecule has 0 saturated carbocycles. The van der Waals surface area contributed by atoms with Crippen LogP contribution in [0, 0.1) is 0 Å². The molecule has 0 atom stereocenters. The summed E-state index contributed by atoms with van der Waals surface area (Å²) in [7, 11) is 5.42. The van der Waals surface area contributed by atoms with Gasteiger partial charge in [-0.25, -0.2) is 0 Å². The lowest BCUT2D eigenvalue weighted by molar-refractivity contribution is 0.379. The second-order valence-corrected chi connectivity index (χ2v) is 3.29. The highest BCUT2D eigenvalue weighted by Gasteiger charge is 2.02. The van der Waals surface area contributed by atoms with Crippen LogP contribution in [0.1, 0.15) is 13.8 Å². The maximum atomic E-state index is 5.15. The highest BCUT2D eigenvalue weighted by atomic mass is 16.5. The molecule has 5 nitrogen and oxygen atoms in total. The van der Waals surface area contributed by atoms with Gasteiger partial charge in [0.05, 0.1) is 13.3 Å². The standard InChI is InChI=1S/C9H16N4O/c1-7(2)10-11-9-12(3)6-8(14-5)13(9)4/h6H,1-5H3. The van der Waals surface area contributed by atoms with Crippen LogP contribution >= 0.6 is 0 Å². The summed E-state index contributed by atoms with van der Waals surface area (Å²) in [5, 5.41) is 8.12. The summed E-state index contributed by atoms with van der Waals surface area (Å²) in [5.41, 5.74) is 1.67. The summed E-state index contributed by atoms with van der Waals surface area (Å²) in [4.78, 5) is 0. The van der Waals surface area contributed by atoms with Crippen molar-refractivity contribution in [2.45, 2.75) is 13.8 Å². The van der Waals surface area contributed by atoms with Crippen molar-refractivity contribution in [3.05, 3.63) is 11.8 Å². The Morgan fingerprint density at radius 2 is 2.00 bits per heavy atom. The molecule has 1 rings (SSSR count). The number of rotatable bonds is 2. The van der Waals surface area contributed by atoms with E-state index in [9.17, 15) is 0 Å². The van der Waals surface area contributed by atoms with E-state index in [0.29, 0.717) is 0 Å². The molecule has 1 aromatic rings. The summed E-state index contributed by atoms with van der Waals surface area (Å²) >= 11 is 0. The van der Waals surface area contributed by atoms with Gasteiger partial charge < -0.3 is 9.30 Å². The molecular weight excluding hydrogens is 180 g/mol. The van der Waals surface area contributed by atoms with E-state index in [1.807, 2.05) is 43.3 Å². The lowest BCUT2D eigenvalue weighted by atomic mass is 10.5. The fourth-order valence-corrected chi connectivity index (χ4v) is 1.12. The van der Waals surface area contributed by atoms with Gasteiger partial charge in [-0.1, -0.05) is 0 Å². The van der Waals surface area contributed by atoms with Crippen LogP contribution in [0.3, 0.4) is 0 Å². The number of aryl methyl sites for hydroxylation is 1.